The van der Waals surface area contributed by atoms with Gasteiger partial charge in [0, 0.05) is 0 Å². The number of piperidine rings is 1. The molecule has 1 rings (SSSR count). The summed E-state index contributed by atoms with van der Waals surface area (Å²) in [7, 11) is 0. The number of hydrogen-bond donors (Lipinski definition) is 1. The van der Waals surface area contributed by atoms with Crippen LogP contribution in [0.15, 0.2) is 0 Å². The van der Waals surface area contributed by atoms with Gasteiger partial charge in [0.2, 0.25) is 0 Å². The van der Waals surface area contributed by atoms with Gasteiger partial charge < -0.3 is 5.32 Å². The molecule has 1 saturated heterocycles. The Morgan fingerprint density at radius 2 is 2.00 bits per heavy atom. The molecule has 0 bridgehead atoms. The fourth-order valence-electron chi connectivity index (χ4n) is 1.52. The summed E-state index contributed by atoms with van der Waals surface area (Å²) in [6, 6.07) is 0. The van der Waals surface area contributed by atoms with E-state index in [0.717, 1.165) is 0 Å². The third-order valence-corrected chi connectivity index (χ3v) is 3.29. The first-order valence-electron chi connectivity index (χ1n) is 3.96. The Morgan fingerprint density at radius 3 is 2.50 bits per heavy atom. The van der Waals surface area contributed by atoms with Crippen molar-refractivity contribution < 1.29 is 0 Å². The molecule has 0 aromatic rings. The third kappa shape index (κ3) is 2.17. The summed E-state index contributed by atoms with van der Waals surface area (Å²) in [5.41, 5.74) is 0.630. The summed E-state index contributed by atoms with van der Waals surface area (Å²) in [4.78, 5) is 0. The molecule has 1 aliphatic rings. The second kappa shape index (κ2) is 3.63. The minimum absolute atomic E-state index is 0.630. The van der Waals surface area contributed by atoms with Gasteiger partial charge in [-0.3, -0.25) is 0 Å². The van der Waals surface area contributed by atoms with E-state index in [9.17, 15) is 0 Å². The van der Waals surface area contributed by atoms with Gasteiger partial charge in [0.25, 0.3) is 0 Å². The lowest BCUT2D eigenvalue weighted by atomic mass is 9.83. The average Bonchev–Trinajstić information content (AvgIpc) is 1.89. The third-order valence-electron chi connectivity index (χ3n) is 2.30. The van der Waals surface area contributed by atoms with E-state index in [0.29, 0.717) is 5.41 Å². The Kier molecular flexibility index (Phi) is 3.05. The molecule has 0 spiro atoms. The topological polar surface area (TPSA) is 12.0 Å². The SMILES string of the molecule is CSCC1(C)CCNCC1. The van der Waals surface area contributed by atoms with Crippen LogP contribution in [-0.2, 0) is 0 Å². The Balaban J connectivity index is 2.32. The van der Waals surface area contributed by atoms with E-state index in [1.165, 1.54) is 31.7 Å². The first-order valence-corrected chi connectivity index (χ1v) is 5.36. The molecular weight excluding hydrogens is 142 g/mol. The van der Waals surface area contributed by atoms with E-state index in [1.807, 2.05) is 11.8 Å². The van der Waals surface area contributed by atoms with Gasteiger partial charge in [0.15, 0.2) is 0 Å². The molecule has 10 heavy (non-hydrogen) atoms. The standard InChI is InChI=1S/C8H17NS/c1-8(7-10-2)3-5-9-6-4-8/h9H,3-7H2,1-2H3. The summed E-state index contributed by atoms with van der Waals surface area (Å²) >= 11 is 1.98. The van der Waals surface area contributed by atoms with Crippen LogP contribution >= 0.6 is 11.8 Å². The van der Waals surface area contributed by atoms with Crippen LogP contribution in [0.25, 0.3) is 0 Å². The van der Waals surface area contributed by atoms with E-state index in [4.69, 9.17) is 0 Å². The predicted molar refractivity (Wildman–Crippen MR) is 48.6 cm³/mol. The Labute approximate surface area is 68.0 Å². The van der Waals surface area contributed by atoms with Gasteiger partial charge in [0.1, 0.15) is 0 Å². The van der Waals surface area contributed by atoms with E-state index in [1.54, 1.807) is 0 Å². The highest BCUT2D eigenvalue weighted by atomic mass is 32.2. The molecule has 0 radical (unpaired) electrons. The van der Waals surface area contributed by atoms with Gasteiger partial charge in [-0.15, -0.1) is 0 Å². The van der Waals surface area contributed by atoms with Gasteiger partial charge in [0.05, 0.1) is 0 Å². The molecule has 0 aromatic heterocycles. The number of nitrogens with one attached hydrogen (secondary N) is 1. The van der Waals surface area contributed by atoms with Crippen molar-refractivity contribution in [3.8, 4) is 0 Å². The minimum atomic E-state index is 0.630. The second-order valence-electron chi connectivity index (χ2n) is 3.49. The lowest BCUT2D eigenvalue weighted by molar-refractivity contribution is 0.266. The summed E-state index contributed by atoms with van der Waals surface area (Å²) in [5, 5.41) is 3.39. The van der Waals surface area contributed by atoms with Gasteiger partial charge in [-0.2, -0.15) is 11.8 Å². The molecule has 1 nitrogen and oxygen atoms in total. The molecule has 1 fully saturated rings. The fourth-order valence-corrected chi connectivity index (χ4v) is 2.51. The lowest BCUT2D eigenvalue weighted by Crippen LogP contribution is -2.36. The maximum atomic E-state index is 3.39. The highest BCUT2D eigenvalue weighted by Crippen LogP contribution is 2.30. The van der Waals surface area contributed by atoms with Crippen LogP contribution < -0.4 is 5.32 Å². The zero-order chi connectivity index (χ0) is 7.45. The molecule has 0 atom stereocenters. The molecule has 1 aliphatic heterocycles. The average molecular weight is 159 g/mol. The van der Waals surface area contributed by atoms with Crippen LogP contribution in [0.5, 0.6) is 0 Å². The minimum Gasteiger partial charge on any atom is -0.317 e. The largest absolute Gasteiger partial charge is 0.317 e. The molecule has 0 aromatic carbocycles. The number of hydrogen-bond acceptors (Lipinski definition) is 2. The van der Waals surface area contributed by atoms with Crippen molar-refractivity contribution in [2.24, 2.45) is 5.41 Å². The van der Waals surface area contributed by atoms with Crippen molar-refractivity contribution in [3.63, 3.8) is 0 Å². The van der Waals surface area contributed by atoms with Crippen molar-refractivity contribution in [1.29, 1.82) is 0 Å². The summed E-state index contributed by atoms with van der Waals surface area (Å²) in [5.74, 6) is 1.33. The maximum absolute atomic E-state index is 3.39. The van der Waals surface area contributed by atoms with Crippen LogP contribution in [0.1, 0.15) is 19.8 Å². The zero-order valence-electron chi connectivity index (χ0n) is 6.94. The molecule has 0 amide bonds. The summed E-state index contributed by atoms with van der Waals surface area (Å²) in [6.07, 6.45) is 4.91. The predicted octanol–water partition coefficient (Wildman–Crippen LogP) is 1.74. The normalized spacial score (nSPS) is 24.6. The van der Waals surface area contributed by atoms with Crippen molar-refractivity contribution in [2.45, 2.75) is 19.8 Å². The maximum Gasteiger partial charge on any atom is -0.00153 e. The highest BCUT2D eigenvalue weighted by Gasteiger charge is 2.25. The molecule has 0 saturated carbocycles. The number of thioether (sulfide) groups is 1. The van der Waals surface area contributed by atoms with E-state index in [-0.39, 0.29) is 0 Å². The van der Waals surface area contributed by atoms with Crippen LogP contribution in [0.2, 0.25) is 0 Å². The van der Waals surface area contributed by atoms with Crippen molar-refractivity contribution in [1.82, 2.24) is 5.32 Å². The van der Waals surface area contributed by atoms with Gasteiger partial charge >= 0.3 is 0 Å². The van der Waals surface area contributed by atoms with Crippen molar-refractivity contribution >= 4 is 11.8 Å². The Hall–Kier alpha value is 0.310. The van der Waals surface area contributed by atoms with Crippen molar-refractivity contribution in [3.05, 3.63) is 0 Å². The Bertz CT molecular complexity index is 91.9. The Morgan fingerprint density at radius 1 is 1.40 bits per heavy atom. The van der Waals surface area contributed by atoms with Crippen LogP contribution in [-0.4, -0.2) is 25.1 Å². The van der Waals surface area contributed by atoms with Gasteiger partial charge in [-0.05, 0) is 43.4 Å². The lowest BCUT2D eigenvalue weighted by Gasteiger charge is -2.33. The number of rotatable bonds is 2. The van der Waals surface area contributed by atoms with Crippen molar-refractivity contribution in [2.75, 3.05) is 25.1 Å². The quantitative estimate of drug-likeness (QED) is 0.658. The molecule has 1 N–H and O–H groups in total. The molecule has 60 valence electrons. The first kappa shape index (κ1) is 8.41. The molecule has 1 heterocycles. The highest BCUT2D eigenvalue weighted by molar-refractivity contribution is 7.98. The summed E-state index contributed by atoms with van der Waals surface area (Å²) < 4.78 is 0. The van der Waals surface area contributed by atoms with Gasteiger partial charge in [-0.1, -0.05) is 6.92 Å². The first-order chi connectivity index (χ1) is 4.77. The van der Waals surface area contributed by atoms with Gasteiger partial charge in [-0.25, -0.2) is 0 Å². The van der Waals surface area contributed by atoms with Crippen LogP contribution in [0, 0.1) is 5.41 Å². The molecule has 2 heteroatoms. The molecule has 0 unspecified atom stereocenters. The smallest absolute Gasteiger partial charge is 0.00153 e. The zero-order valence-corrected chi connectivity index (χ0v) is 7.76. The van der Waals surface area contributed by atoms with Crippen LogP contribution in [0.3, 0.4) is 0 Å². The fraction of sp³-hybridized carbons (Fsp3) is 1.00. The van der Waals surface area contributed by atoms with E-state index < -0.39 is 0 Å². The second-order valence-corrected chi connectivity index (χ2v) is 4.36. The van der Waals surface area contributed by atoms with E-state index >= 15 is 0 Å². The molecule has 0 aliphatic carbocycles. The summed E-state index contributed by atoms with van der Waals surface area (Å²) in [6.45, 7) is 4.85. The van der Waals surface area contributed by atoms with Crippen LogP contribution in [0.4, 0.5) is 0 Å². The molecular formula is C8H17NS. The monoisotopic (exact) mass is 159 g/mol. The van der Waals surface area contributed by atoms with E-state index in [2.05, 4.69) is 18.5 Å².